The second-order valence-corrected chi connectivity index (χ2v) is 6.48. The molecule has 0 N–H and O–H groups in total. The van der Waals surface area contributed by atoms with Gasteiger partial charge in [0, 0.05) is 0 Å². The van der Waals surface area contributed by atoms with Crippen LogP contribution in [0.4, 0.5) is 0 Å². The molecule has 0 aromatic heterocycles. The Kier molecular flexibility index (Phi) is 13.2. The first kappa shape index (κ1) is 25.3. The standard InChI is InChI=1S/C13H9.2C6H5.C5H5.Si.Zn/c1-3-7-12-10(5-1)9-11-6-2-4-8-13(11)12;2*1-2-4-6-5-3-1;1-2-4-5-3-1;;/h1-9H;2*1-5H;1-3H,4H2;;/q4*-1;;. The predicted molar refractivity (Wildman–Crippen MR) is 135 cm³/mol. The van der Waals surface area contributed by atoms with Gasteiger partial charge in [-0.05, 0) is 0 Å². The largest absolute Gasteiger partial charge is 0.184 e. The van der Waals surface area contributed by atoms with Crippen molar-refractivity contribution in [3.05, 3.63) is 152 Å². The Morgan fingerprint density at radius 1 is 0.625 bits per heavy atom. The van der Waals surface area contributed by atoms with E-state index in [1.165, 1.54) is 38.6 Å². The van der Waals surface area contributed by atoms with E-state index in [2.05, 4.69) is 86.9 Å². The van der Waals surface area contributed by atoms with Crippen molar-refractivity contribution in [2.75, 3.05) is 0 Å². The first-order chi connectivity index (χ1) is 15.9. The van der Waals surface area contributed by atoms with Crippen LogP contribution in [0.25, 0.3) is 21.5 Å². The topological polar surface area (TPSA) is 0 Å². The third-order valence-electron chi connectivity index (χ3n) is 4.32. The minimum Gasteiger partial charge on any atom is -0.184 e. The van der Waals surface area contributed by atoms with E-state index in [4.69, 9.17) is 0 Å². The van der Waals surface area contributed by atoms with Crippen molar-refractivity contribution in [1.82, 2.24) is 0 Å². The molecule has 0 aliphatic heterocycles. The fourth-order valence-electron chi connectivity index (χ4n) is 2.93. The molecule has 0 amide bonds. The summed E-state index contributed by atoms with van der Waals surface area (Å²) in [5, 5.41) is 5.39. The van der Waals surface area contributed by atoms with Gasteiger partial charge in [-0.3, -0.25) is 6.08 Å². The minimum atomic E-state index is 1.01. The molecule has 154 valence electrons. The molecule has 0 atom stereocenters. The third-order valence-corrected chi connectivity index (χ3v) is 4.32. The maximum Gasteiger partial charge on any atom is -0.0771 e. The van der Waals surface area contributed by atoms with Crippen molar-refractivity contribution >= 4 is 29.5 Å². The van der Waals surface area contributed by atoms with Crippen molar-refractivity contribution in [2.45, 2.75) is 6.42 Å². The van der Waals surface area contributed by atoms with Crippen LogP contribution in [0.1, 0.15) is 6.42 Å². The molecule has 0 unspecified atom stereocenters. The van der Waals surface area contributed by atoms with Crippen LogP contribution in [0.3, 0.4) is 0 Å². The first-order valence-electron chi connectivity index (χ1n) is 10.4. The summed E-state index contributed by atoms with van der Waals surface area (Å²) >= 11 is 1.18. The van der Waals surface area contributed by atoms with Gasteiger partial charge in [-0.1, -0.05) is 36.4 Å². The van der Waals surface area contributed by atoms with Crippen molar-refractivity contribution in [3.8, 4) is 0 Å². The zero-order valence-electron chi connectivity index (χ0n) is 18.1. The molecule has 0 spiro atoms. The van der Waals surface area contributed by atoms with Gasteiger partial charge in [0.1, 0.15) is 0 Å². The minimum absolute atomic E-state index is 1.01. The van der Waals surface area contributed by atoms with Gasteiger partial charge in [-0.15, -0.1) is 46.2 Å². The van der Waals surface area contributed by atoms with Crippen LogP contribution >= 0.6 is 0 Å². The zero-order chi connectivity index (χ0) is 22.7. The van der Waals surface area contributed by atoms with Gasteiger partial charge in [-0.25, -0.2) is 12.2 Å². The fraction of sp³-hybridized carbons (Fsp3) is 0.0333. The molecule has 32 heavy (non-hydrogen) atoms. The zero-order valence-corrected chi connectivity index (χ0v) is 22.1. The van der Waals surface area contributed by atoms with Crippen molar-refractivity contribution in [3.63, 3.8) is 0 Å². The summed E-state index contributed by atoms with van der Waals surface area (Å²) in [5.74, 6) is 0. The van der Waals surface area contributed by atoms with Crippen molar-refractivity contribution in [2.24, 2.45) is 0 Å². The van der Waals surface area contributed by atoms with Crippen LogP contribution in [0.15, 0.2) is 133 Å². The van der Waals surface area contributed by atoms with Gasteiger partial charge in [0.05, 0.1) is 0 Å². The molecule has 0 fully saturated rings. The van der Waals surface area contributed by atoms with E-state index >= 15 is 0 Å². The van der Waals surface area contributed by atoms with Crippen LogP contribution < -0.4 is 0 Å². The number of benzene rings is 4. The molecule has 1 aliphatic carbocycles. The predicted octanol–water partition coefficient (Wildman–Crippen LogP) is 7.61. The molecule has 6 rings (SSSR count). The van der Waals surface area contributed by atoms with Gasteiger partial charge in [0.2, 0.25) is 0 Å². The SMILES string of the molecule is [C-]1=CC=CC1.[Si]=[Zn].[c-]1ccccc1.[c-]1ccccc1.c1ccc2c(c1)[cH-]c1ccccc12. The molecular weight excluding hydrogens is 454 g/mol. The van der Waals surface area contributed by atoms with Gasteiger partial charge < -0.3 is 0 Å². The number of hydrogen-bond acceptors (Lipinski definition) is 0. The van der Waals surface area contributed by atoms with Crippen LogP contribution in [-0.2, 0) is 17.1 Å². The van der Waals surface area contributed by atoms with E-state index in [1.807, 2.05) is 72.8 Å². The maximum atomic E-state index is 3.10. The Balaban J connectivity index is 0.000000162. The Morgan fingerprint density at radius 3 is 1.38 bits per heavy atom. The van der Waals surface area contributed by atoms with Crippen LogP contribution in [0, 0.1) is 18.2 Å². The molecule has 5 aromatic rings. The van der Waals surface area contributed by atoms with Crippen LogP contribution in [0.2, 0.25) is 0 Å². The van der Waals surface area contributed by atoms with Crippen LogP contribution in [0.5, 0.6) is 0 Å². The van der Waals surface area contributed by atoms with E-state index in [9.17, 15) is 0 Å². The van der Waals surface area contributed by atoms with Gasteiger partial charge in [0.25, 0.3) is 0 Å². The molecule has 0 bridgehead atoms. The number of allylic oxidation sites excluding steroid dienone is 4. The number of fused-ring (bicyclic) bond motifs is 3. The van der Waals surface area contributed by atoms with E-state index in [0.29, 0.717) is 0 Å². The Morgan fingerprint density at radius 2 is 1.09 bits per heavy atom. The van der Waals surface area contributed by atoms with Crippen molar-refractivity contribution < 1.29 is 17.1 Å². The number of hydrogen-bond donors (Lipinski definition) is 0. The average Bonchev–Trinajstić information content (AvgIpc) is 3.60. The van der Waals surface area contributed by atoms with E-state index in [1.54, 1.807) is 0 Å². The normalized spacial score (nSPS) is 10.4. The summed E-state index contributed by atoms with van der Waals surface area (Å²) in [5.41, 5.74) is 0. The third kappa shape index (κ3) is 9.47. The summed E-state index contributed by atoms with van der Waals surface area (Å²) < 4.78 is 0. The van der Waals surface area contributed by atoms with E-state index < -0.39 is 0 Å². The molecule has 2 heteroatoms. The van der Waals surface area contributed by atoms with Crippen molar-refractivity contribution in [1.29, 1.82) is 0 Å². The molecule has 0 nitrogen and oxygen atoms in total. The molecule has 0 saturated carbocycles. The summed E-state index contributed by atoms with van der Waals surface area (Å²) in [6.45, 7) is 0. The summed E-state index contributed by atoms with van der Waals surface area (Å²) in [4.78, 5) is 0. The molecule has 0 heterocycles. The first-order valence-corrected chi connectivity index (χ1v) is 15.5. The number of rotatable bonds is 0. The summed E-state index contributed by atoms with van der Waals surface area (Å²) in [7, 11) is 3.10. The second kappa shape index (κ2) is 16.7. The average molecular weight is 478 g/mol. The smallest absolute Gasteiger partial charge is 0.0771 e. The monoisotopic (exact) mass is 476 g/mol. The molecule has 0 saturated heterocycles. The molecular formula is C30H24SiZn-4. The summed E-state index contributed by atoms with van der Waals surface area (Å²) in [6.07, 6.45) is 10.0. The summed E-state index contributed by atoms with van der Waals surface area (Å²) in [6, 6.07) is 44.3. The van der Waals surface area contributed by atoms with Crippen LogP contribution in [-0.4, -0.2) is 8.00 Å². The second-order valence-electron chi connectivity index (χ2n) is 6.48. The quantitative estimate of drug-likeness (QED) is 0.159. The molecule has 5 aromatic carbocycles. The van der Waals surface area contributed by atoms with E-state index in [0.717, 1.165) is 6.42 Å². The molecule has 1 aliphatic rings. The van der Waals surface area contributed by atoms with E-state index in [-0.39, 0.29) is 0 Å². The van der Waals surface area contributed by atoms with Gasteiger partial charge in [0.15, 0.2) is 0 Å². The maximum absolute atomic E-state index is 3.10. The Bertz CT molecular complexity index is 1030. The fourth-order valence-corrected chi connectivity index (χ4v) is 2.93. The van der Waals surface area contributed by atoms with Gasteiger partial charge >= 0.3 is 25.1 Å². The molecule has 2 radical (unpaired) electrons. The Labute approximate surface area is 204 Å². The Hall–Kier alpha value is -2.93. The van der Waals surface area contributed by atoms with Gasteiger partial charge in [-0.2, -0.15) is 78.9 Å².